The molecule has 5 heteroatoms. The maximum atomic E-state index is 10.8. The van der Waals surface area contributed by atoms with E-state index in [1.54, 1.807) is 12.1 Å². The average Bonchev–Trinajstić information content (AvgIpc) is 2.39. The zero-order valence-corrected chi connectivity index (χ0v) is 12.0. The molecule has 0 aliphatic carbocycles. The average molecular weight is 283 g/mol. The van der Waals surface area contributed by atoms with Gasteiger partial charge in [-0.25, -0.2) is 0 Å². The van der Waals surface area contributed by atoms with Crippen molar-refractivity contribution in [1.82, 2.24) is 5.32 Å². The first-order valence-electron chi connectivity index (χ1n) is 6.42. The van der Waals surface area contributed by atoms with Gasteiger partial charge in [0.15, 0.2) is 0 Å². The zero-order chi connectivity index (χ0) is 14.3. The molecule has 0 aliphatic rings. The minimum atomic E-state index is -0.458. The number of nitrogens with one attached hydrogen (secondary N) is 1. The van der Waals surface area contributed by atoms with Gasteiger partial charge in [-0.2, -0.15) is 0 Å². The minimum absolute atomic E-state index is 0.0487. The van der Waals surface area contributed by atoms with E-state index >= 15 is 0 Å². The van der Waals surface area contributed by atoms with E-state index in [4.69, 9.17) is 11.6 Å². The molecule has 0 aromatic heterocycles. The molecule has 1 aromatic rings. The molecule has 0 radical (unpaired) electrons. The number of nitrogens with zero attached hydrogens (tertiary/aromatic N) is 1. The standard InChI is InChI=1S/C14H19ClN2O2/c1-3-7-16-10-11(4-2)8-12-5-6-13(15)14(9-12)17(18)19/h5-6,8-9,16H,3-4,7,10H2,1-2H3. The summed E-state index contributed by atoms with van der Waals surface area (Å²) in [6.45, 7) is 5.97. The van der Waals surface area contributed by atoms with Crippen molar-refractivity contribution in [2.75, 3.05) is 13.1 Å². The van der Waals surface area contributed by atoms with Crippen LogP contribution < -0.4 is 5.32 Å². The first kappa shape index (κ1) is 15.7. The van der Waals surface area contributed by atoms with Crippen LogP contribution >= 0.6 is 11.6 Å². The third-order valence-corrected chi connectivity index (χ3v) is 3.09. The van der Waals surface area contributed by atoms with Crippen LogP contribution in [0.3, 0.4) is 0 Å². The van der Waals surface area contributed by atoms with E-state index in [0.29, 0.717) is 0 Å². The van der Waals surface area contributed by atoms with Crippen molar-refractivity contribution in [2.45, 2.75) is 26.7 Å². The van der Waals surface area contributed by atoms with Crippen molar-refractivity contribution < 1.29 is 4.92 Å². The van der Waals surface area contributed by atoms with Gasteiger partial charge in [0.05, 0.1) is 4.92 Å². The maximum absolute atomic E-state index is 10.8. The smallest absolute Gasteiger partial charge is 0.288 e. The van der Waals surface area contributed by atoms with Crippen LogP contribution in [0.4, 0.5) is 5.69 Å². The summed E-state index contributed by atoms with van der Waals surface area (Å²) in [6, 6.07) is 4.88. The van der Waals surface area contributed by atoms with E-state index in [1.165, 1.54) is 11.6 Å². The molecule has 1 rings (SSSR count). The molecule has 0 saturated carbocycles. The Morgan fingerprint density at radius 2 is 2.21 bits per heavy atom. The topological polar surface area (TPSA) is 55.2 Å². The highest BCUT2D eigenvalue weighted by Gasteiger charge is 2.11. The summed E-state index contributed by atoms with van der Waals surface area (Å²) < 4.78 is 0. The first-order chi connectivity index (χ1) is 9.08. The number of nitro groups is 1. The third kappa shape index (κ3) is 5.01. The number of hydrogen-bond donors (Lipinski definition) is 1. The second kappa shape index (κ2) is 7.92. The van der Waals surface area contributed by atoms with Gasteiger partial charge < -0.3 is 5.32 Å². The number of rotatable bonds is 7. The molecule has 0 unspecified atom stereocenters. The minimum Gasteiger partial charge on any atom is -0.313 e. The highest BCUT2D eigenvalue weighted by molar-refractivity contribution is 6.32. The first-order valence-corrected chi connectivity index (χ1v) is 6.80. The second-order valence-corrected chi connectivity index (χ2v) is 4.71. The van der Waals surface area contributed by atoms with E-state index < -0.39 is 4.92 Å². The highest BCUT2D eigenvalue weighted by Crippen LogP contribution is 2.26. The largest absolute Gasteiger partial charge is 0.313 e. The highest BCUT2D eigenvalue weighted by atomic mass is 35.5. The number of nitro benzene ring substituents is 1. The fourth-order valence-corrected chi connectivity index (χ4v) is 1.89. The summed E-state index contributed by atoms with van der Waals surface area (Å²) in [7, 11) is 0. The van der Waals surface area contributed by atoms with Gasteiger partial charge in [-0.15, -0.1) is 0 Å². The fourth-order valence-electron chi connectivity index (χ4n) is 1.70. The Morgan fingerprint density at radius 3 is 2.79 bits per heavy atom. The predicted molar refractivity (Wildman–Crippen MR) is 79.5 cm³/mol. The van der Waals surface area contributed by atoms with Gasteiger partial charge in [0.2, 0.25) is 0 Å². The molecule has 0 aliphatic heterocycles. The molecule has 0 amide bonds. The predicted octanol–water partition coefficient (Wildman–Crippen LogP) is 4.04. The monoisotopic (exact) mass is 282 g/mol. The van der Waals surface area contributed by atoms with Gasteiger partial charge >= 0.3 is 0 Å². The number of hydrogen-bond acceptors (Lipinski definition) is 3. The van der Waals surface area contributed by atoms with Crippen molar-refractivity contribution in [3.05, 3.63) is 44.5 Å². The SMILES string of the molecule is CCCNCC(=Cc1ccc(Cl)c([N+](=O)[O-])c1)CC. The van der Waals surface area contributed by atoms with Gasteiger partial charge in [0, 0.05) is 12.6 Å². The summed E-state index contributed by atoms with van der Waals surface area (Å²) in [5, 5.41) is 14.3. The zero-order valence-electron chi connectivity index (χ0n) is 11.3. The maximum Gasteiger partial charge on any atom is 0.288 e. The number of halogens is 1. The Kier molecular flexibility index (Phi) is 6.53. The Bertz CT molecular complexity index is 473. The van der Waals surface area contributed by atoms with Crippen LogP contribution in [0.15, 0.2) is 23.8 Å². The molecule has 0 fully saturated rings. The summed E-state index contributed by atoms with van der Waals surface area (Å²) in [6.07, 6.45) is 3.97. The number of benzene rings is 1. The lowest BCUT2D eigenvalue weighted by Gasteiger charge is -2.06. The normalized spacial score (nSPS) is 11.6. The van der Waals surface area contributed by atoms with Crippen LogP contribution in [-0.4, -0.2) is 18.0 Å². The molecule has 0 atom stereocenters. The van der Waals surface area contributed by atoms with Crippen LogP contribution in [0.1, 0.15) is 32.3 Å². The summed E-state index contributed by atoms with van der Waals surface area (Å²) >= 11 is 5.79. The van der Waals surface area contributed by atoms with E-state index in [2.05, 4.69) is 19.2 Å². The molecule has 0 heterocycles. The van der Waals surface area contributed by atoms with Gasteiger partial charge in [0.25, 0.3) is 5.69 Å². The Morgan fingerprint density at radius 1 is 1.47 bits per heavy atom. The lowest BCUT2D eigenvalue weighted by atomic mass is 10.1. The second-order valence-electron chi connectivity index (χ2n) is 4.30. The Labute approximate surface area is 118 Å². The molecule has 1 aromatic carbocycles. The van der Waals surface area contributed by atoms with Crippen molar-refractivity contribution in [2.24, 2.45) is 0 Å². The van der Waals surface area contributed by atoms with Crippen molar-refractivity contribution in [3.8, 4) is 0 Å². The molecular weight excluding hydrogens is 264 g/mol. The van der Waals surface area contributed by atoms with Crippen LogP contribution in [0.25, 0.3) is 6.08 Å². The molecular formula is C14H19ClN2O2. The summed E-state index contributed by atoms with van der Waals surface area (Å²) in [5.41, 5.74) is 1.98. The van der Waals surface area contributed by atoms with Crippen molar-refractivity contribution in [3.63, 3.8) is 0 Å². The summed E-state index contributed by atoms with van der Waals surface area (Å²) in [5.74, 6) is 0. The quantitative estimate of drug-likeness (QED) is 0.466. The van der Waals surface area contributed by atoms with E-state index in [1.807, 2.05) is 6.08 Å². The molecule has 0 bridgehead atoms. The molecule has 0 spiro atoms. The molecule has 104 valence electrons. The van der Waals surface area contributed by atoms with Crippen LogP contribution in [0, 0.1) is 10.1 Å². The molecule has 19 heavy (non-hydrogen) atoms. The summed E-state index contributed by atoms with van der Waals surface area (Å²) in [4.78, 5) is 10.4. The Balaban J connectivity index is 2.89. The van der Waals surface area contributed by atoms with Crippen LogP contribution in [0.5, 0.6) is 0 Å². The van der Waals surface area contributed by atoms with Gasteiger partial charge in [-0.3, -0.25) is 10.1 Å². The Hall–Kier alpha value is -1.39. The van der Waals surface area contributed by atoms with E-state index in [-0.39, 0.29) is 10.7 Å². The van der Waals surface area contributed by atoms with Gasteiger partial charge in [-0.1, -0.05) is 43.2 Å². The molecule has 1 N–H and O–H groups in total. The lowest BCUT2D eigenvalue weighted by molar-refractivity contribution is -0.384. The van der Waals surface area contributed by atoms with Crippen LogP contribution in [0.2, 0.25) is 5.02 Å². The van der Waals surface area contributed by atoms with Gasteiger partial charge in [-0.05, 0) is 31.0 Å². The van der Waals surface area contributed by atoms with Gasteiger partial charge in [0.1, 0.15) is 5.02 Å². The van der Waals surface area contributed by atoms with E-state index in [0.717, 1.165) is 31.5 Å². The lowest BCUT2D eigenvalue weighted by Crippen LogP contribution is -2.17. The fraction of sp³-hybridized carbons (Fsp3) is 0.429. The van der Waals surface area contributed by atoms with Crippen LogP contribution in [-0.2, 0) is 0 Å². The van der Waals surface area contributed by atoms with Crippen molar-refractivity contribution in [1.29, 1.82) is 0 Å². The van der Waals surface area contributed by atoms with Crippen molar-refractivity contribution >= 4 is 23.4 Å². The molecule has 0 saturated heterocycles. The molecule has 4 nitrogen and oxygen atoms in total. The van der Waals surface area contributed by atoms with E-state index in [9.17, 15) is 10.1 Å². The third-order valence-electron chi connectivity index (χ3n) is 2.77.